The fraction of sp³-hybridized carbons (Fsp3) is 0.333. The fourth-order valence-electron chi connectivity index (χ4n) is 1.93. The van der Waals surface area contributed by atoms with Crippen molar-refractivity contribution in [2.75, 3.05) is 0 Å². The van der Waals surface area contributed by atoms with Crippen molar-refractivity contribution in [1.82, 2.24) is 9.78 Å². The Bertz CT molecular complexity index is 669. The zero-order chi connectivity index (χ0) is 15.1. The molecule has 0 saturated carbocycles. The van der Waals surface area contributed by atoms with E-state index in [-0.39, 0.29) is 11.1 Å². The van der Waals surface area contributed by atoms with Gasteiger partial charge < -0.3 is 5.11 Å². The summed E-state index contributed by atoms with van der Waals surface area (Å²) in [5.74, 6) is -1.03. The van der Waals surface area contributed by atoms with Crippen molar-refractivity contribution in [3.63, 3.8) is 0 Å². The molecule has 106 valence electrons. The summed E-state index contributed by atoms with van der Waals surface area (Å²) in [5, 5.41) is 13.9. The van der Waals surface area contributed by atoms with Gasteiger partial charge in [-0.25, -0.2) is 9.48 Å². The maximum atomic E-state index is 11.1. The Morgan fingerprint density at radius 2 is 1.95 bits per heavy atom. The van der Waals surface area contributed by atoms with Gasteiger partial charge in [-0.3, -0.25) is 0 Å². The molecule has 1 aromatic carbocycles. The molecule has 0 unspecified atom stereocenters. The van der Waals surface area contributed by atoms with Gasteiger partial charge in [0.1, 0.15) is 0 Å². The van der Waals surface area contributed by atoms with Gasteiger partial charge in [0.2, 0.25) is 0 Å². The van der Waals surface area contributed by atoms with Gasteiger partial charge in [-0.2, -0.15) is 5.10 Å². The van der Waals surface area contributed by atoms with E-state index in [1.807, 2.05) is 39.8 Å². The first kappa shape index (κ1) is 14.6. The SMILES string of the molecule is Cc1ccc(-n2nc(C(=O)O)cc2C(C)(C)C)cc1Cl. The quantitative estimate of drug-likeness (QED) is 0.915. The van der Waals surface area contributed by atoms with E-state index in [1.54, 1.807) is 16.8 Å². The zero-order valence-corrected chi connectivity index (χ0v) is 12.7. The number of benzene rings is 1. The van der Waals surface area contributed by atoms with E-state index in [9.17, 15) is 4.79 Å². The molecular weight excluding hydrogens is 276 g/mol. The van der Waals surface area contributed by atoms with Crippen molar-refractivity contribution in [2.45, 2.75) is 33.1 Å². The third-order valence-electron chi connectivity index (χ3n) is 3.10. The van der Waals surface area contributed by atoms with Crippen LogP contribution in [0.3, 0.4) is 0 Å². The van der Waals surface area contributed by atoms with E-state index in [4.69, 9.17) is 16.7 Å². The van der Waals surface area contributed by atoms with Crippen molar-refractivity contribution in [1.29, 1.82) is 0 Å². The van der Waals surface area contributed by atoms with Crippen LogP contribution in [-0.4, -0.2) is 20.9 Å². The van der Waals surface area contributed by atoms with E-state index >= 15 is 0 Å². The van der Waals surface area contributed by atoms with Gasteiger partial charge in [0.15, 0.2) is 5.69 Å². The summed E-state index contributed by atoms with van der Waals surface area (Å²) in [6.45, 7) is 7.97. The van der Waals surface area contributed by atoms with E-state index in [0.717, 1.165) is 16.9 Å². The third-order valence-corrected chi connectivity index (χ3v) is 3.50. The van der Waals surface area contributed by atoms with Gasteiger partial charge in [0.05, 0.1) is 11.4 Å². The number of hydrogen-bond donors (Lipinski definition) is 1. The summed E-state index contributed by atoms with van der Waals surface area (Å²) in [6, 6.07) is 7.18. The van der Waals surface area contributed by atoms with Crippen molar-refractivity contribution >= 4 is 17.6 Å². The van der Waals surface area contributed by atoms with Gasteiger partial charge in [-0.05, 0) is 30.7 Å². The number of hydrogen-bond acceptors (Lipinski definition) is 2. The first-order chi connectivity index (χ1) is 9.20. The smallest absolute Gasteiger partial charge is 0.356 e. The molecule has 0 spiro atoms. The number of halogens is 1. The number of aryl methyl sites for hydroxylation is 1. The van der Waals surface area contributed by atoms with Gasteiger partial charge in [-0.15, -0.1) is 0 Å². The summed E-state index contributed by atoms with van der Waals surface area (Å²) in [5.41, 5.74) is 2.37. The predicted octanol–water partition coefficient (Wildman–Crippen LogP) is 3.83. The number of nitrogens with zero attached hydrogens (tertiary/aromatic N) is 2. The van der Waals surface area contributed by atoms with Gasteiger partial charge in [0, 0.05) is 10.4 Å². The van der Waals surface area contributed by atoms with Crippen molar-refractivity contribution in [3.8, 4) is 5.69 Å². The molecule has 0 fully saturated rings. The molecule has 4 nitrogen and oxygen atoms in total. The molecule has 0 aliphatic heterocycles. The van der Waals surface area contributed by atoms with Gasteiger partial charge >= 0.3 is 5.97 Å². The fourth-order valence-corrected chi connectivity index (χ4v) is 2.10. The van der Waals surface area contributed by atoms with E-state index in [2.05, 4.69) is 5.10 Å². The normalized spacial score (nSPS) is 11.7. The highest BCUT2D eigenvalue weighted by molar-refractivity contribution is 6.31. The topological polar surface area (TPSA) is 55.1 Å². The molecule has 0 saturated heterocycles. The van der Waals surface area contributed by atoms with Crippen LogP contribution >= 0.6 is 11.6 Å². The van der Waals surface area contributed by atoms with Crippen LogP contribution < -0.4 is 0 Å². The number of carboxylic acid groups (broad SMARTS) is 1. The summed E-state index contributed by atoms with van der Waals surface area (Å²) in [4.78, 5) is 11.1. The largest absolute Gasteiger partial charge is 0.476 e. The predicted molar refractivity (Wildman–Crippen MR) is 79.0 cm³/mol. The van der Waals surface area contributed by atoms with E-state index in [1.165, 1.54) is 0 Å². The molecule has 0 amide bonds. The average molecular weight is 293 g/mol. The number of aromatic nitrogens is 2. The maximum absolute atomic E-state index is 11.1. The first-order valence-corrected chi connectivity index (χ1v) is 6.68. The lowest BCUT2D eigenvalue weighted by Gasteiger charge is -2.20. The molecule has 0 aliphatic rings. The minimum Gasteiger partial charge on any atom is -0.476 e. The third kappa shape index (κ3) is 2.70. The molecule has 2 rings (SSSR count). The highest BCUT2D eigenvalue weighted by Crippen LogP contribution is 2.27. The molecule has 1 heterocycles. The summed E-state index contributed by atoms with van der Waals surface area (Å²) in [7, 11) is 0. The molecule has 0 bridgehead atoms. The number of carbonyl (C=O) groups is 1. The second kappa shape index (κ2) is 4.94. The second-order valence-electron chi connectivity index (χ2n) is 5.82. The molecule has 0 atom stereocenters. The van der Waals surface area contributed by atoms with Gasteiger partial charge in [-0.1, -0.05) is 38.4 Å². The molecule has 0 radical (unpaired) electrons. The number of carboxylic acids is 1. The highest BCUT2D eigenvalue weighted by atomic mass is 35.5. The monoisotopic (exact) mass is 292 g/mol. The summed E-state index contributed by atoms with van der Waals surface area (Å²) in [6.07, 6.45) is 0. The van der Waals surface area contributed by atoms with Crippen LogP contribution in [0.15, 0.2) is 24.3 Å². The molecule has 0 aliphatic carbocycles. The minimum absolute atomic E-state index is 0.0339. The number of rotatable bonds is 2. The van der Waals surface area contributed by atoms with Crippen molar-refractivity contribution in [2.24, 2.45) is 0 Å². The Hall–Kier alpha value is -1.81. The standard InChI is InChI=1S/C15H17ClN2O2/c1-9-5-6-10(7-11(9)16)18-13(15(2,3)4)8-12(17-18)14(19)20/h5-8H,1-4H3,(H,19,20). The Kier molecular flexibility index (Phi) is 3.61. The van der Waals surface area contributed by atoms with Crippen LogP contribution in [0.2, 0.25) is 5.02 Å². The van der Waals surface area contributed by atoms with Crippen molar-refractivity contribution < 1.29 is 9.90 Å². The second-order valence-corrected chi connectivity index (χ2v) is 6.22. The van der Waals surface area contributed by atoms with Crippen LogP contribution in [0.1, 0.15) is 42.5 Å². The average Bonchev–Trinajstić information content (AvgIpc) is 2.77. The van der Waals surface area contributed by atoms with Gasteiger partial charge in [0.25, 0.3) is 0 Å². The molecule has 20 heavy (non-hydrogen) atoms. The van der Waals surface area contributed by atoms with E-state index < -0.39 is 5.97 Å². The van der Waals surface area contributed by atoms with Crippen LogP contribution in [0.5, 0.6) is 0 Å². The Labute approximate surface area is 123 Å². The maximum Gasteiger partial charge on any atom is 0.356 e. The number of aromatic carboxylic acids is 1. The van der Waals surface area contributed by atoms with Crippen LogP contribution in [-0.2, 0) is 5.41 Å². The van der Waals surface area contributed by atoms with Crippen molar-refractivity contribution in [3.05, 3.63) is 46.2 Å². The lowest BCUT2D eigenvalue weighted by Crippen LogP contribution is -2.17. The molecule has 2 aromatic rings. The first-order valence-electron chi connectivity index (χ1n) is 6.30. The summed E-state index contributed by atoms with van der Waals surface area (Å²) >= 11 is 6.14. The van der Waals surface area contributed by atoms with Crippen LogP contribution in [0.4, 0.5) is 0 Å². The zero-order valence-electron chi connectivity index (χ0n) is 11.9. The van der Waals surface area contributed by atoms with Crippen LogP contribution in [0, 0.1) is 6.92 Å². The minimum atomic E-state index is -1.03. The van der Waals surface area contributed by atoms with Crippen LogP contribution in [0.25, 0.3) is 5.69 Å². The lowest BCUT2D eigenvalue weighted by molar-refractivity contribution is 0.0690. The molecule has 1 aromatic heterocycles. The Morgan fingerprint density at radius 1 is 1.30 bits per heavy atom. The molecular formula is C15H17ClN2O2. The highest BCUT2D eigenvalue weighted by Gasteiger charge is 2.24. The molecule has 5 heteroatoms. The summed E-state index contributed by atoms with van der Waals surface area (Å²) < 4.78 is 1.65. The Morgan fingerprint density at radius 3 is 2.45 bits per heavy atom. The Balaban J connectivity index is 2.65. The van der Waals surface area contributed by atoms with E-state index in [0.29, 0.717) is 5.02 Å². The molecule has 1 N–H and O–H groups in total. The lowest BCUT2D eigenvalue weighted by atomic mass is 9.91.